The lowest BCUT2D eigenvalue weighted by atomic mass is 9.98. The molecule has 3 aliphatic rings. The van der Waals surface area contributed by atoms with E-state index in [4.69, 9.17) is 5.73 Å². The summed E-state index contributed by atoms with van der Waals surface area (Å²) in [5.41, 5.74) is 10.3. The monoisotopic (exact) mass is 284 g/mol. The minimum absolute atomic E-state index is 0.287. The van der Waals surface area contributed by atoms with E-state index >= 15 is 0 Å². The molecule has 3 nitrogen and oxygen atoms in total. The van der Waals surface area contributed by atoms with Gasteiger partial charge in [0.15, 0.2) is 0 Å². The molecule has 1 saturated carbocycles. The molecule has 3 unspecified atom stereocenters. The molecule has 1 aromatic carbocycles. The van der Waals surface area contributed by atoms with Gasteiger partial charge in [-0.05, 0) is 60.6 Å². The minimum Gasteiger partial charge on any atom is -0.342 e. The second kappa shape index (κ2) is 5.13. The zero-order valence-electron chi connectivity index (χ0n) is 12.6. The molecule has 1 aromatic rings. The van der Waals surface area contributed by atoms with Gasteiger partial charge in [-0.15, -0.1) is 0 Å². The molecule has 1 aliphatic heterocycles. The van der Waals surface area contributed by atoms with Crippen LogP contribution in [0.5, 0.6) is 0 Å². The number of hydrogen-bond donors (Lipinski definition) is 1. The fourth-order valence-corrected chi connectivity index (χ4v) is 4.53. The molecule has 112 valence electrons. The van der Waals surface area contributed by atoms with Crippen molar-refractivity contribution in [2.24, 2.45) is 17.6 Å². The van der Waals surface area contributed by atoms with Crippen LogP contribution in [-0.2, 0) is 24.1 Å². The second-order valence-corrected chi connectivity index (χ2v) is 7.10. The van der Waals surface area contributed by atoms with Crippen molar-refractivity contribution in [3.8, 4) is 0 Å². The predicted octanol–water partition coefficient (Wildman–Crippen LogP) is 1.91. The molecule has 3 atom stereocenters. The van der Waals surface area contributed by atoms with Gasteiger partial charge in [-0.2, -0.15) is 0 Å². The van der Waals surface area contributed by atoms with E-state index in [2.05, 4.69) is 23.1 Å². The Kier molecular flexibility index (Phi) is 3.26. The molecule has 0 radical (unpaired) electrons. The van der Waals surface area contributed by atoms with Crippen LogP contribution in [0.3, 0.4) is 0 Å². The molecule has 1 saturated heterocycles. The topological polar surface area (TPSA) is 46.3 Å². The minimum atomic E-state index is 0.287. The molecule has 0 aromatic heterocycles. The number of carbonyl (C=O) groups excluding carboxylic acids is 1. The summed E-state index contributed by atoms with van der Waals surface area (Å²) < 4.78 is 0. The Morgan fingerprint density at radius 3 is 2.90 bits per heavy atom. The summed E-state index contributed by atoms with van der Waals surface area (Å²) in [6.45, 7) is 1.82. The van der Waals surface area contributed by atoms with Crippen LogP contribution in [0.1, 0.15) is 36.0 Å². The van der Waals surface area contributed by atoms with Crippen molar-refractivity contribution >= 4 is 5.91 Å². The SMILES string of the molecule is NC1CCC2CN(C(=O)Cc3ccc4c(c3)CCC4)CC12. The molecule has 2 aliphatic carbocycles. The van der Waals surface area contributed by atoms with Gasteiger partial charge in [-0.1, -0.05) is 18.2 Å². The maximum absolute atomic E-state index is 12.5. The number of nitrogens with two attached hydrogens (primary N) is 1. The van der Waals surface area contributed by atoms with Gasteiger partial charge in [0, 0.05) is 19.1 Å². The van der Waals surface area contributed by atoms with E-state index in [-0.39, 0.29) is 5.91 Å². The number of hydrogen-bond acceptors (Lipinski definition) is 2. The van der Waals surface area contributed by atoms with Crippen LogP contribution in [0.25, 0.3) is 0 Å². The first kappa shape index (κ1) is 13.3. The Hall–Kier alpha value is -1.35. The number of amides is 1. The third-order valence-electron chi connectivity index (χ3n) is 5.78. The average molecular weight is 284 g/mol. The maximum Gasteiger partial charge on any atom is 0.227 e. The molecular formula is C18H24N2O. The predicted molar refractivity (Wildman–Crippen MR) is 82.9 cm³/mol. The van der Waals surface area contributed by atoms with Crippen molar-refractivity contribution in [1.82, 2.24) is 4.90 Å². The molecule has 1 heterocycles. The Bertz CT molecular complexity index is 568. The van der Waals surface area contributed by atoms with E-state index in [0.717, 1.165) is 19.5 Å². The number of likely N-dealkylation sites (tertiary alicyclic amines) is 1. The van der Waals surface area contributed by atoms with Gasteiger partial charge < -0.3 is 10.6 Å². The number of rotatable bonds is 2. The number of fused-ring (bicyclic) bond motifs is 2. The summed E-state index contributed by atoms with van der Waals surface area (Å²) in [5.74, 6) is 1.49. The molecule has 0 spiro atoms. The van der Waals surface area contributed by atoms with Gasteiger partial charge >= 0.3 is 0 Å². The van der Waals surface area contributed by atoms with Gasteiger partial charge in [0.2, 0.25) is 5.91 Å². The molecule has 0 bridgehead atoms. The molecular weight excluding hydrogens is 260 g/mol. The van der Waals surface area contributed by atoms with Crippen LogP contribution in [0.4, 0.5) is 0 Å². The number of aryl methyl sites for hydroxylation is 2. The van der Waals surface area contributed by atoms with Gasteiger partial charge in [0.1, 0.15) is 0 Å². The Morgan fingerprint density at radius 2 is 2.05 bits per heavy atom. The highest BCUT2D eigenvalue weighted by molar-refractivity contribution is 5.79. The fourth-order valence-electron chi connectivity index (χ4n) is 4.53. The van der Waals surface area contributed by atoms with Crippen LogP contribution in [-0.4, -0.2) is 29.9 Å². The zero-order valence-corrected chi connectivity index (χ0v) is 12.6. The summed E-state index contributed by atoms with van der Waals surface area (Å²) >= 11 is 0. The summed E-state index contributed by atoms with van der Waals surface area (Å²) in [6.07, 6.45) is 6.55. The summed E-state index contributed by atoms with van der Waals surface area (Å²) in [7, 11) is 0. The summed E-state index contributed by atoms with van der Waals surface area (Å²) in [6, 6.07) is 6.93. The van der Waals surface area contributed by atoms with E-state index in [1.54, 1.807) is 0 Å². The van der Waals surface area contributed by atoms with Crippen molar-refractivity contribution in [3.63, 3.8) is 0 Å². The third-order valence-corrected chi connectivity index (χ3v) is 5.78. The number of carbonyl (C=O) groups is 1. The molecule has 2 fully saturated rings. The standard InChI is InChI=1S/C18H24N2O/c19-17-7-6-15-10-20(11-16(15)17)18(21)9-12-4-5-13-2-1-3-14(13)8-12/h4-5,8,15-17H,1-3,6-7,9-11,19H2. The van der Waals surface area contributed by atoms with Crippen molar-refractivity contribution in [3.05, 3.63) is 34.9 Å². The average Bonchev–Trinajstić information content (AvgIpc) is 3.16. The van der Waals surface area contributed by atoms with Crippen LogP contribution >= 0.6 is 0 Å². The first-order valence-electron chi connectivity index (χ1n) is 8.35. The lowest BCUT2D eigenvalue weighted by Crippen LogP contribution is -2.34. The second-order valence-electron chi connectivity index (χ2n) is 7.10. The van der Waals surface area contributed by atoms with Gasteiger partial charge in [0.05, 0.1) is 6.42 Å². The van der Waals surface area contributed by atoms with Crippen molar-refractivity contribution < 1.29 is 4.79 Å². The van der Waals surface area contributed by atoms with Crippen LogP contribution in [0.15, 0.2) is 18.2 Å². The normalized spacial score (nSPS) is 30.5. The molecule has 2 N–H and O–H groups in total. The van der Waals surface area contributed by atoms with E-state index in [0.29, 0.717) is 24.3 Å². The highest BCUT2D eigenvalue weighted by atomic mass is 16.2. The van der Waals surface area contributed by atoms with Gasteiger partial charge in [-0.3, -0.25) is 4.79 Å². The van der Waals surface area contributed by atoms with E-state index < -0.39 is 0 Å². The zero-order chi connectivity index (χ0) is 14.4. The van der Waals surface area contributed by atoms with E-state index in [1.807, 2.05) is 0 Å². The quantitative estimate of drug-likeness (QED) is 0.902. The highest BCUT2D eigenvalue weighted by Crippen LogP contribution is 2.37. The van der Waals surface area contributed by atoms with Crippen LogP contribution < -0.4 is 5.73 Å². The number of benzene rings is 1. The van der Waals surface area contributed by atoms with Gasteiger partial charge in [0.25, 0.3) is 0 Å². The largest absolute Gasteiger partial charge is 0.342 e. The fraction of sp³-hybridized carbons (Fsp3) is 0.611. The van der Waals surface area contributed by atoms with E-state index in [9.17, 15) is 4.79 Å². The first-order valence-corrected chi connectivity index (χ1v) is 8.35. The van der Waals surface area contributed by atoms with Crippen LogP contribution in [0, 0.1) is 11.8 Å². The van der Waals surface area contributed by atoms with Crippen molar-refractivity contribution in [2.45, 2.75) is 44.6 Å². The summed E-state index contributed by atoms with van der Waals surface area (Å²) in [5, 5.41) is 0. The van der Waals surface area contributed by atoms with Crippen molar-refractivity contribution in [1.29, 1.82) is 0 Å². The lowest BCUT2D eigenvalue weighted by Gasteiger charge is -2.19. The molecule has 4 rings (SSSR count). The molecule has 21 heavy (non-hydrogen) atoms. The third kappa shape index (κ3) is 2.38. The van der Waals surface area contributed by atoms with E-state index in [1.165, 1.54) is 42.4 Å². The first-order chi connectivity index (χ1) is 10.2. The smallest absolute Gasteiger partial charge is 0.227 e. The van der Waals surface area contributed by atoms with Crippen molar-refractivity contribution in [2.75, 3.05) is 13.1 Å². The number of nitrogens with zero attached hydrogens (tertiary/aromatic N) is 1. The summed E-state index contributed by atoms with van der Waals surface area (Å²) in [4.78, 5) is 14.6. The Labute approximate surface area is 126 Å². The Balaban J connectivity index is 1.42. The highest BCUT2D eigenvalue weighted by Gasteiger charge is 2.42. The van der Waals surface area contributed by atoms with Gasteiger partial charge in [-0.25, -0.2) is 0 Å². The molecule has 1 amide bonds. The van der Waals surface area contributed by atoms with Crippen LogP contribution in [0.2, 0.25) is 0 Å². The maximum atomic E-state index is 12.5. The molecule has 3 heteroatoms. The Morgan fingerprint density at radius 1 is 1.19 bits per heavy atom. The lowest BCUT2D eigenvalue weighted by molar-refractivity contribution is -0.129.